The van der Waals surface area contributed by atoms with Crippen molar-refractivity contribution in [2.24, 2.45) is 0 Å². The molecule has 5 nitrogen and oxygen atoms in total. The number of carbonyl (C=O) groups is 1. The second-order valence-electron chi connectivity index (χ2n) is 5.98. The van der Waals surface area contributed by atoms with Gasteiger partial charge in [0, 0.05) is 10.7 Å². The first-order valence-corrected chi connectivity index (χ1v) is 8.95. The Hall–Kier alpha value is -3.05. The van der Waals surface area contributed by atoms with Gasteiger partial charge in [-0.25, -0.2) is 4.98 Å². The number of hydrogen-bond acceptors (Lipinski definition) is 4. The number of aromatic nitrogens is 1. The summed E-state index contributed by atoms with van der Waals surface area (Å²) in [5.41, 5.74) is 2.82. The van der Waals surface area contributed by atoms with Gasteiger partial charge in [-0.3, -0.25) is 4.79 Å². The second kappa shape index (κ2) is 9.05. The Morgan fingerprint density at radius 2 is 1.93 bits per heavy atom. The van der Waals surface area contributed by atoms with Crippen LogP contribution in [-0.2, 0) is 4.79 Å². The molecule has 0 saturated heterocycles. The van der Waals surface area contributed by atoms with Crippen LogP contribution in [-0.4, -0.2) is 17.5 Å². The first-order chi connectivity index (χ1) is 13.1. The zero-order chi connectivity index (χ0) is 19.1. The van der Waals surface area contributed by atoms with Crippen LogP contribution in [0.3, 0.4) is 0 Å². The van der Waals surface area contributed by atoms with Crippen LogP contribution in [0.2, 0.25) is 5.02 Å². The number of aryl methyl sites for hydroxylation is 1. The van der Waals surface area contributed by atoms with E-state index in [1.54, 1.807) is 12.3 Å². The third-order valence-corrected chi connectivity index (χ3v) is 4.07. The molecule has 0 aliphatic heterocycles. The van der Waals surface area contributed by atoms with E-state index < -0.39 is 0 Å². The summed E-state index contributed by atoms with van der Waals surface area (Å²) in [5.74, 6) is 1.10. The highest BCUT2D eigenvalue weighted by atomic mass is 35.5. The average Bonchev–Trinajstić information content (AvgIpc) is 2.66. The number of halogens is 1. The molecule has 27 heavy (non-hydrogen) atoms. The van der Waals surface area contributed by atoms with E-state index >= 15 is 0 Å². The van der Waals surface area contributed by atoms with Gasteiger partial charge in [0.1, 0.15) is 11.6 Å². The molecule has 0 fully saturated rings. The van der Waals surface area contributed by atoms with Gasteiger partial charge in [-0.2, -0.15) is 0 Å². The quantitative estimate of drug-likeness (QED) is 0.590. The van der Waals surface area contributed by atoms with Crippen LogP contribution in [0.1, 0.15) is 12.0 Å². The van der Waals surface area contributed by atoms with Gasteiger partial charge in [0.25, 0.3) is 0 Å². The number of carbonyl (C=O) groups excluding carboxylic acids is 1. The maximum Gasteiger partial charge on any atom is 0.228 e. The van der Waals surface area contributed by atoms with Crippen LogP contribution in [0.15, 0.2) is 66.9 Å². The fraction of sp³-hybridized carbons (Fsp3) is 0.143. The van der Waals surface area contributed by atoms with Crippen molar-refractivity contribution in [1.29, 1.82) is 0 Å². The third-order valence-electron chi connectivity index (χ3n) is 3.84. The molecule has 1 heterocycles. The van der Waals surface area contributed by atoms with Gasteiger partial charge >= 0.3 is 0 Å². The lowest BCUT2D eigenvalue weighted by molar-refractivity contribution is -0.116. The Bertz CT molecular complexity index is 899. The van der Waals surface area contributed by atoms with Crippen molar-refractivity contribution in [3.8, 4) is 5.75 Å². The van der Waals surface area contributed by atoms with E-state index in [0.717, 1.165) is 22.7 Å². The van der Waals surface area contributed by atoms with Crippen LogP contribution >= 0.6 is 11.6 Å². The molecule has 0 unspecified atom stereocenters. The lowest BCUT2D eigenvalue weighted by Crippen LogP contribution is -2.16. The Balaban J connectivity index is 1.49. The third kappa shape index (κ3) is 5.72. The van der Waals surface area contributed by atoms with Gasteiger partial charge in [-0.05, 0) is 55.0 Å². The summed E-state index contributed by atoms with van der Waals surface area (Å²) < 4.78 is 5.52. The van der Waals surface area contributed by atoms with Crippen molar-refractivity contribution in [2.45, 2.75) is 13.3 Å². The van der Waals surface area contributed by atoms with E-state index in [1.165, 1.54) is 0 Å². The SMILES string of the molecule is Cc1cc(Cl)ccc1Nc1ccc(NC(=O)CCOc2ccccc2)nc1. The summed E-state index contributed by atoms with van der Waals surface area (Å²) in [6.45, 7) is 2.29. The predicted octanol–water partition coefficient (Wildman–Crippen LogP) is 5.19. The predicted molar refractivity (Wildman–Crippen MR) is 109 cm³/mol. The lowest BCUT2D eigenvalue weighted by atomic mass is 10.2. The first-order valence-electron chi connectivity index (χ1n) is 8.57. The molecule has 138 valence electrons. The molecule has 0 saturated carbocycles. The van der Waals surface area contributed by atoms with Crippen molar-refractivity contribution in [3.63, 3.8) is 0 Å². The van der Waals surface area contributed by atoms with E-state index in [0.29, 0.717) is 17.4 Å². The lowest BCUT2D eigenvalue weighted by Gasteiger charge is -2.10. The van der Waals surface area contributed by atoms with Crippen molar-refractivity contribution in [1.82, 2.24) is 4.98 Å². The van der Waals surface area contributed by atoms with E-state index in [9.17, 15) is 4.79 Å². The number of ether oxygens (including phenoxy) is 1. The number of anilines is 3. The number of pyridine rings is 1. The topological polar surface area (TPSA) is 63.2 Å². The minimum atomic E-state index is -0.146. The molecule has 3 aromatic rings. The zero-order valence-corrected chi connectivity index (χ0v) is 15.7. The number of benzene rings is 2. The van der Waals surface area contributed by atoms with Gasteiger partial charge in [-0.1, -0.05) is 29.8 Å². The number of hydrogen-bond donors (Lipinski definition) is 2. The normalized spacial score (nSPS) is 10.3. The second-order valence-corrected chi connectivity index (χ2v) is 6.41. The maximum atomic E-state index is 12.0. The number of amides is 1. The summed E-state index contributed by atoms with van der Waals surface area (Å²) in [6.07, 6.45) is 1.92. The fourth-order valence-corrected chi connectivity index (χ4v) is 2.67. The molecule has 0 aliphatic carbocycles. The van der Waals surface area contributed by atoms with Gasteiger partial charge in [0.15, 0.2) is 0 Å². The standard InChI is InChI=1S/C21H20ClN3O2/c1-15-13-16(22)7-9-19(15)24-17-8-10-20(23-14-17)25-21(26)11-12-27-18-5-3-2-4-6-18/h2-10,13-14,24H,11-12H2,1H3,(H,23,25,26). The maximum absolute atomic E-state index is 12.0. The zero-order valence-electron chi connectivity index (χ0n) is 14.9. The van der Waals surface area contributed by atoms with Crippen molar-refractivity contribution < 1.29 is 9.53 Å². The van der Waals surface area contributed by atoms with E-state index in [4.69, 9.17) is 16.3 Å². The monoisotopic (exact) mass is 381 g/mol. The molecule has 3 rings (SSSR count). The molecule has 1 aromatic heterocycles. The minimum absolute atomic E-state index is 0.146. The number of nitrogens with one attached hydrogen (secondary N) is 2. The van der Waals surface area contributed by atoms with Gasteiger partial charge in [0.2, 0.25) is 5.91 Å². The van der Waals surface area contributed by atoms with Crippen molar-refractivity contribution >= 4 is 34.7 Å². The molecule has 2 aromatic carbocycles. The Kier molecular flexibility index (Phi) is 6.28. The highest BCUT2D eigenvalue weighted by molar-refractivity contribution is 6.30. The smallest absolute Gasteiger partial charge is 0.228 e. The molecule has 6 heteroatoms. The van der Waals surface area contributed by atoms with Crippen LogP contribution in [0.4, 0.5) is 17.2 Å². The molecule has 0 bridgehead atoms. The molecular formula is C21H20ClN3O2. The van der Waals surface area contributed by atoms with Gasteiger partial charge in [-0.15, -0.1) is 0 Å². The molecule has 0 radical (unpaired) electrons. The molecule has 0 spiro atoms. The Morgan fingerprint density at radius 1 is 1.11 bits per heavy atom. The summed E-state index contributed by atoms with van der Waals surface area (Å²) >= 11 is 5.97. The minimum Gasteiger partial charge on any atom is -0.493 e. The molecule has 0 aliphatic rings. The van der Waals surface area contributed by atoms with Crippen LogP contribution in [0.25, 0.3) is 0 Å². The van der Waals surface area contributed by atoms with E-state index in [1.807, 2.05) is 61.5 Å². The average molecular weight is 382 g/mol. The Morgan fingerprint density at radius 3 is 2.63 bits per heavy atom. The Labute approximate surface area is 163 Å². The molecule has 2 N–H and O–H groups in total. The van der Waals surface area contributed by atoms with Crippen LogP contribution in [0.5, 0.6) is 5.75 Å². The first kappa shape index (κ1) is 18.7. The van der Waals surface area contributed by atoms with Crippen molar-refractivity contribution in [2.75, 3.05) is 17.2 Å². The van der Waals surface area contributed by atoms with Crippen LogP contribution in [0, 0.1) is 6.92 Å². The van der Waals surface area contributed by atoms with E-state index in [2.05, 4.69) is 15.6 Å². The summed E-state index contributed by atoms with van der Waals surface area (Å²) in [5, 5.41) is 6.74. The number of rotatable bonds is 7. The molecular weight excluding hydrogens is 362 g/mol. The highest BCUT2D eigenvalue weighted by Gasteiger charge is 2.05. The fourth-order valence-electron chi connectivity index (χ4n) is 2.45. The highest BCUT2D eigenvalue weighted by Crippen LogP contribution is 2.23. The van der Waals surface area contributed by atoms with Crippen molar-refractivity contribution in [3.05, 3.63) is 77.4 Å². The summed E-state index contributed by atoms with van der Waals surface area (Å²) in [7, 11) is 0. The number of nitrogens with zero attached hydrogens (tertiary/aromatic N) is 1. The van der Waals surface area contributed by atoms with Gasteiger partial charge < -0.3 is 15.4 Å². The van der Waals surface area contributed by atoms with Crippen LogP contribution < -0.4 is 15.4 Å². The molecule has 1 amide bonds. The largest absolute Gasteiger partial charge is 0.493 e. The van der Waals surface area contributed by atoms with E-state index in [-0.39, 0.29) is 12.3 Å². The van der Waals surface area contributed by atoms with Gasteiger partial charge in [0.05, 0.1) is 24.9 Å². The molecule has 0 atom stereocenters. The summed E-state index contributed by atoms with van der Waals surface area (Å²) in [4.78, 5) is 16.3. The summed E-state index contributed by atoms with van der Waals surface area (Å²) in [6, 6.07) is 18.7. The number of para-hydroxylation sites is 1.